The van der Waals surface area contributed by atoms with Gasteiger partial charge in [0, 0.05) is 12.0 Å². The molecular weight excluding hydrogens is 344 g/mol. The van der Waals surface area contributed by atoms with Gasteiger partial charge in [0.25, 0.3) is 0 Å². The molecule has 6 heteroatoms. The van der Waals surface area contributed by atoms with Crippen molar-refractivity contribution in [1.29, 1.82) is 0 Å². The van der Waals surface area contributed by atoms with Crippen molar-refractivity contribution in [3.05, 3.63) is 26.6 Å². The number of carboxylic acid groups (broad SMARTS) is 1. The molecule has 0 unspecified atom stereocenters. The standard InChI is InChI=1S/C10H8Br2O4/c11-6-3-5(4-7(12)10(6)16)8(13)1-2-9(14)15/h3-4,16H,1-2H2,(H,14,15). The van der Waals surface area contributed by atoms with Gasteiger partial charge in [-0.05, 0) is 44.0 Å². The lowest BCUT2D eigenvalue weighted by atomic mass is 10.1. The lowest BCUT2D eigenvalue weighted by molar-refractivity contribution is -0.136. The Morgan fingerprint density at radius 1 is 1.12 bits per heavy atom. The third kappa shape index (κ3) is 3.31. The number of aromatic hydroxyl groups is 1. The Labute approximate surface area is 109 Å². The Hall–Kier alpha value is -0.880. The second kappa shape index (κ2) is 5.45. The molecule has 1 rings (SSSR count). The van der Waals surface area contributed by atoms with Gasteiger partial charge in [0.15, 0.2) is 5.78 Å². The van der Waals surface area contributed by atoms with Crippen molar-refractivity contribution in [3.8, 4) is 5.75 Å². The highest BCUT2D eigenvalue weighted by atomic mass is 79.9. The summed E-state index contributed by atoms with van der Waals surface area (Å²) in [7, 11) is 0. The topological polar surface area (TPSA) is 74.6 Å². The summed E-state index contributed by atoms with van der Waals surface area (Å²) in [6, 6.07) is 2.93. The summed E-state index contributed by atoms with van der Waals surface area (Å²) in [6.07, 6.45) is -0.256. The number of hydrogen-bond donors (Lipinski definition) is 2. The van der Waals surface area contributed by atoms with E-state index in [1.54, 1.807) is 0 Å². The van der Waals surface area contributed by atoms with E-state index >= 15 is 0 Å². The van der Waals surface area contributed by atoms with Gasteiger partial charge in [0.2, 0.25) is 0 Å². The molecule has 0 aromatic heterocycles. The zero-order valence-corrected chi connectivity index (χ0v) is 11.2. The van der Waals surface area contributed by atoms with Crippen LogP contribution in [0.15, 0.2) is 21.1 Å². The van der Waals surface area contributed by atoms with E-state index in [0.29, 0.717) is 14.5 Å². The second-order valence-electron chi connectivity index (χ2n) is 3.11. The van der Waals surface area contributed by atoms with E-state index in [0.717, 1.165) is 0 Å². The van der Waals surface area contributed by atoms with E-state index in [2.05, 4.69) is 31.9 Å². The molecular formula is C10H8Br2O4. The Morgan fingerprint density at radius 2 is 1.62 bits per heavy atom. The maximum Gasteiger partial charge on any atom is 0.303 e. The minimum absolute atomic E-state index is 0.00906. The lowest BCUT2D eigenvalue weighted by Gasteiger charge is -2.04. The fraction of sp³-hybridized carbons (Fsp3) is 0.200. The van der Waals surface area contributed by atoms with Gasteiger partial charge >= 0.3 is 5.97 Å². The molecule has 4 nitrogen and oxygen atoms in total. The molecule has 0 saturated carbocycles. The smallest absolute Gasteiger partial charge is 0.303 e. The van der Waals surface area contributed by atoms with Crippen LogP contribution in [-0.4, -0.2) is 22.0 Å². The minimum atomic E-state index is -1.01. The SMILES string of the molecule is O=C(O)CCC(=O)c1cc(Br)c(O)c(Br)c1. The molecule has 0 bridgehead atoms. The third-order valence-electron chi connectivity index (χ3n) is 1.90. The highest BCUT2D eigenvalue weighted by Gasteiger charge is 2.12. The number of benzene rings is 1. The average Bonchev–Trinajstić information content (AvgIpc) is 2.21. The van der Waals surface area contributed by atoms with Crippen LogP contribution >= 0.6 is 31.9 Å². The predicted molar refractivity (Wildman–Crippen MR) is 64.7 cm³/mol. The molecule has 0 aliphatic heterocycles. The summed E-state index contributed by atoms with van der Waals surface area (Å²) in [4.78, 5) is 21.9. The van der Waals surface area contributed by atoms with Crippen molar-refractivity contribution in [1.82, 2.24) is 0 Å². The third-order valence-corrected chi connectivity index (χ3v) is 3.11. The Balaban J connectivity index is 2.88. The zero-order valence-electron chi connectivity index (χ0n) is 8.04. The van der Waals surface area contributed by atoms with Crippen LogP contribution in [0.2, 0.25) is 0 Å². The number of hydrogen-bond acceptors (Lipinski definition) is 3. The van der Waals surface area contributed by atoms with Crippen molar-refractivity contribution in [2.45, 2.75) is 12.8 Å². The fourth-order valence-corrected chi connectivity index (χ4v) is 2.28. The van der Waals surface area contributed by atoms with E-state index < -0.39 is 5.97 Å². The molecule has 0 spiro atoms. The Bertz CT molecular complexity index is 419. The average molecular weight is 352 g/mol. The number of rotatable bonds is 4. The number of carboxylic acids is 1. The molecule has 1 aromatic rings. The maximum absolute atomic E-state index is 11.6. The van der Waals surface area contributed by atoms with Crippen molar-refractivity contribution in [2.24, 2.45) is 0 Å². The number of Topliss-reactive ketones (excluding diaryl/α,β-unsaturated/α-hetero) is 1. The van der Waals surface area contributed by atoms with E-state index in [9.17, 15) is 14.7 Å². The second-order valence-corrected chi connectivity index (χ2v) is 4.81. The highest BCUT2D eigenvalue weighted by molar-refractivity contribution is 9.11. The Morgan fingerprint density at radius 3 is 2.06 bits per heavy atom. The minimum Gasteiger partial charge on any atom is -0.506 e. The molecule has 86 valence electrons. The summed E-state index contributed by atoms with van der Waals surface area (Å²) in [5.41, 5.74) is 0.359. The van der Waals surface area contributed by atoms with Crippen molar-refractivity contribution in [3.63, 3.8) is 0 Å². The molecule has 0 atom stereocenters. The summed E-state index contributed by atoms with van der Waals surface area (Å²) >= 11 is 6.19. The quantitative estimate of drug-likeness (QED) is 0.818. The number of phenols is 1. The largest absolute Gasteiger partial charge is 0.506 e. The predicted octanol–water partition coefficient (Wildman–Crippen LogP) is 2.96. The number of halogens is 2. The molecule has 0 fully saturated rings. The van der Waals surface area contributed by atoms with Crippen LogP contribution in [0.5, 0.6) is 5.75 Å². The van der Waals surface area contributed by atoms with Crippen molar-refractivity contribution < 1.29 is 19.8 Å². The highest BCUT2D eigenvalue weighted by Crippen LogP contribution is 2.33. The normalized spacial score (nSPS) is 10.1. The first kappa shape index (κ1) is 13.2. The number of ketones is 1. The fourth-order valence-electron chi connectivity index (χ4n) is 1.09. The number of phenolic OH excluding ortho intramolecular Hbond substituents is 1. The molecule has 0 saturated heterocycles. The molecule has 0 aliphatic carbocycles. The van der Waals surface area contributed by atoms with Gasteiger partial charge in [0.1, 0.15) is 5.75 Å². The molecule has 16 heavy (non-hydrogen) atoms. The van der Waals surface area contributed by atoms with Crippen LogP contribution in [0.4, 0.5) is 0 Å². The van der Waals surface area contributed by atoms with Crippen LogP contribution in [0.1, 0.15) is 23.2 Å². The summed E-state index contributed by atoms with van der Waals surface area (Å²) < 4.78 is 0.779. The Kier molecular flexibility index (Phi) is 4.49. The lowest BCUT2D eigenvalue weighted by Crippen LogP contribution is -2.03. The summed E-state index contributed by atoms with van der Waals surface area (Å²) in [5.74, 6) is -1.27. The van der Waals surface area contributed by atoms with Gasteiger partial charge in [-0.1, -0.05) is 0 Å². The van der Waals surface area contributed by atoms with Gasteiger partial charge in [0.05, 0.1) is 15.4 Å². The van der Waals surface area contributed by atoms with Crippen LogP contribution < -0.4 is 0 Å². The number of aliphatic carboxylic acids is 1. The van der Waals surface area contributed by atoms with Gasteiger partial charge in [-0.3, -0.25) is 9.59 Å². The van der Waals surface area contributed by atoms with Gasteiger partial charge in [-0.25, -0.2) is 0 Å². The number of carbonyl (C=O) groups excluding carboxylic acids is 1. The van der Waals surface area contributed by atoms with Crippen molar-refractivity contribution >= 4 is 43.6 Å². The number of carbonyl (C=O) groups is 2. The van der Waals surface area contributed by atoms with Crippen LogP contribution in [-0.2, 0) is 4.79 Å². The molecule has 0 amide bonds. The maximum atomic E-state index is 11.6. The molecule has 0 aliphatic rings. The van der Waals surface area contributed by atoms with E-state index in [4.69, 9.17) is 5.11 Å². The monoisotopic (exact) mass is 350 g/mol. The molecule has 0 heterocycles. The molecule has 1 aromatic carbocycles. The van der Waals surface area contributed by atoms with Crippen molar-refractivity contribution in [2.75, 3.05) is 0 Å². The van der Waals surface area contributed by atoms with Crippen LogP contribution in [0, 0.1) is 0 Å². The van der Waals surface area contributed by atoms with Crippen LogP contribution in [0.25, 0.3) is 0 Å². The van der Waals surface area contributed by atoms with E-state index in [1.165, 1.54) is 12.1 Å². The van der Waals surface area contributed by atoms with Gasteiger partial charge < -0.3 is 10.2 Å². The molecule has 2 N–H and O–H groups in total. The van der Waals surface area contributed by atoms with Gasteiger partial charge in [-0.2, -0.15) is 0 Å². The first-order valence-corrected chi connectivity index (χ1v) is 5.93. The zero-order chi connectivity index (χ0) is 12.3. The first-order chi connectivity index (χ1) is 7.41. The van der Waals surface area contributed by atoms with Crippen LogP contribution in [0.3, 0.4) is 0 Å². The summed E-state index contributed by atoms with van der Waals surface area (Å²) in [5, 5.41) is 17.9. The van der Waals surface area contributed by atoms with E-state index in [-0.39, 0.29) is 24.4 Å². The summed E-state index contributed by atoms with van der Waals surface area (Å²) in [6.45, 7) is 0. The van der Waals surface area contributed by atoms with Gasteiger partial charge in [-0.15, -0.1) is 0 Å². The molecule has 0 radical (unpaired) electrons. The first-order valence-electron chi connectivity index (χ1n) is 4.35. The van der Waals surface area contributed by atoms with E-state index in [1.807, 2.05) is 0 Å².